The number of carbonyl (C=O) groups is 4. The third-order valence-corrected chi connectivity index (χ3v) is 6.01. The third kappa shape index (κ3) is 3.59. The quantitative estimate of drug-likeness (QED) is 0.792. The van der Waals surface area contributed by atoms with Crippen LogP contribution < -0.4 is 0 Å². The summed E-state index contributed by atoms with van der Waals surface area (Å²) in [5.41, 5.74) is -0.113. The molecule has 1 N–H and O–H groups in total. The molecule has 2 aliphatic rings. The van der Waals surface area contributed by atoms with Crippen LogP contribution in [0, 0.1) is 5.92 Å². The number of benzene rings is 1. The number of hydrogen-bond donors (Lipinski definition) is 1. The highest BCUT2D eigenvalue weighted by molar-refractivity contribution is 5.98. The number of nitrogens with zero attached hydrogens (tertiary/aromatic N) is 2. The predicted octanol–water partition coefficient (Wildman–Crippen LogP) is 1.57. The SMILES string of the molecule is CN1C(=O)CC(C(=O)O)C12CCN(C(=O)CCC(=O)c1ccccc1)CC2. The fourth-order valence-corrected chi connectivity index (χ4v) is 4.27. The first-order valence-electron chi connectivity index (χ1n) is 9.20. The molecule has 0 saturated carbocycles. The smallest absolute Gasteiger partial charge is 0.309 e. The van der Waals surface area contributed by atoms with E-state index in [1.165, 1.54) is 0 Å². The second kappa shape index (κ2) is 7.50. The normalized spacial score (nSPS) is 21.5. The minimum absolute atomic E-state index is 0.0192. The van der Waals surface area contributed by atoms with E-state index < -0.39 is 17.4 Å². The first kappa shape index (κ1) is 19.1. The van der Waals surface area contributed by atoms with Crippen molar-refractivity contribution in [1.82, 2.24) is 9.80 Å². The van der Waals surface area contributed by atoms with Crippen molar-refractivity contribution in [3.8, 4) is 0 Å². The van der Waals surface area contributed by atoms with E-state index in [0.29, 0.717) is 31.5 Å². The van der Waals surface area contributed by atoms with Gasteiger partial charge < -0.3 is 14.9 Å². The summed E-state index contributed by atoms with van der Waals surface area (Å²) >= 11 is 0. The van der Waals surface area contributed by atoms with E-state index in [0.717, 1.165) is 0 Å². The standard InChI is InChI=1S/C20H24N2O5/c1-21-18(25)13-15(19(26)27)20(21)9-11-22(12-10-20)17(24)8-7-16(23)14-5-3-2-4-6-14/h2-6,15H,7-13H2,1H3,(H,26,27). The molecule has 1 spiro atoms. The Balaban J connectivity index is 1.57. The summed E-state index contributed by atoms with van der Waals surface area (Å²) in [7, 11) is 1.65. The lowest BCUT2D eigenvalue weighted by atomic mass is 9.77. The lowest BCUT2D eigenvalue weighted by Crippen LogP contribution is -2.56. The molecular formula is C20H24N2O5. The van der Waals surface area contributed by atoms with E-state index in [-0.39, 0.29) is 36.9 Å². The molecule has 2 heterocycles. The zero-order valence-electron chi connectivity index (χ0n) is 15.4. The first-order valence-corrected chi connectivity index (χ1v) is 9.20. The summed E-state index contributed by atoms with van der Waals surface area (Å²) in [4.78, 5) is 51.5. The third-order valence-electron chi connectivity index (χ3n) is 6.01. The number of aliphatic carboxylic acids is 1. The largest absolute Gasteiger partial charge is 0.481 e. The molecule has 7 nitrogen and oxygen atoms in total. The molecule has 0 bridgehead atoms. The summed E-state index contributed by atoms with van der Waals surface area (Å²) in [5.74, 6) is -2.01. The van der Waals surface area contributed by atoms with E-state index in [1.807, 2.05) is 6.07 Å². The number of ketones is 1. The Kier molecular flexibility index (Phi) is 5.30. The average Bonchev–Trinajstić information content (AvgIpc) is 2.92. The van der Waals surface area contributed by atoms with Gasteiger partial charge in [-0.2, -0.15) is 0 Å². The highest BCUT2D eigenvalue weighted by atomic mass is 16.4. The highest BCUT2D eigenvalue weighted by Gasteiger charge is 2.55. The Labute approximate surface area is 157 Å². The second-order valence-electron chi connectivity index (χ2n) is 7.32. The number of carboxylic acids is 1. The lowest BCUT2D eigenvalue weighted by Gasteiger charge is -2.45. The van der Waals surface area contributed by atoms with Crippen molar-refractivity contribution in [3.63, 3.8) is 0 Å². The Morgan fingerprint density at radius 3 is 2.33 bits per heavy atom. The van der Waals surface area contributed by atoms with Crippen LogP contribution in [0.25, 0.3) is 0 Å². The summed E-state index contributed by atoms with van der Waals surface area (Å²) < 4.78 is 0. The molecule has 2 saturated heterocycles. The Bertz CT molecular complexity index is 753. The van der Waals surface area contributed by atoms with Crippen molar-refractivity contribution in [2.45, 2.75) is 37.6 Å². The van der Waals surface area contributed by atoms with Gasteiger partial charge in [-0.25, -0.2) is 0 Å². The van der Waals surface area contributed by atoms with Crippen molar-refractivity contribution in [2.75, 3.05) is 20.1 Å². The van der Waals surface area contributed by atoms with Gasteiger partial charge in [-0.3, -0.25) is 19.2 Å². The van der Waals surface area contributed by atoms with Crippen LogP contribution in [0.4, 0.5) is 0 Å². The molecule has 1 atom stereocenters. The van der Waals surface area contributed by atoms with Gasteiger partial charge in [0.2, 0.25) is 11.8 Å². The summed E-state index contributed by atoms with van der Waals surface area (Å²) in [6.07, 6.45) is 1.21. The molecule has 2 fully saturated rings. The van der Waals surface area contributed by atoms with Crippen LogP contribution in [-0.4, -0.2) is 64.1 Å². The lowest BCUT2D eigenvalue weighted by molar-refractivity contribution is -0.147. The molecule has 0 aliphatic carbocycles. The van der Waals surface area contributed by atoms with Gasteiger partial charge in [0.15, 0.2) is 5.78 Å². The summed E-state index contributed by atoms with van der Waals surface area (Å²) in [6.45, 7) is 0.805. The fourth-order valence-electron chi connectivity index (χ4n) is 4.27. The van der Waals surface area contributed by atoms with E-state index >= 15 is 0 Å². The van der Waals surface area contributed by atoms with Crippen LogP contribution in [0.2, 0.25) is 0 Å². The Hall–Kier alpha value is -2.70. The molecule has 27 heavy (non-hydrogen) atoms. The molecule has 2 aliphatic heterocycles. The van der Waals surface area contributed by atoms with Crippen molar-refractivity contribution in [3.05, 3.63) is 35.9 Å². The maximum atomic E-state index is 12.5. The number of amides is 2. The molecule has 3 rings (SSSR count). The fraction of sp³-hybridized carbons (Fsp3) is 0.500. The zero-order valence-corrected chi connectivity index (χ0v) is 15.4. The van der Waals surface area contributed by atoms with E-state index in [9.17, 15) is 24.3 Å². The van der Waals surface area contributed by atoms with E-state index in [4.69, 9.17) is 0 Å². The maximum Gasteiger partial charge on any atom is 0.309 e. The number of Topliss-reactive ketones (excluding diaryl/α,β-unsaturated/α-hetero) is 1. The summed E-state index contributed by atoms with van der Waals surface area (Å²) in [5, 5.41) is 9.50. The van der Waals surface area contributed by atoms with Gasteiger partial charge in [-0.15, -0.1) is 0 Å². The van der Waals surface area contributed by atoms with Gasteiger partial charge in [0.25, 0.3) is 0 Å². The van der Waals surface area contributed by atoms with Crippen molar-refractivity contribution >= 4 is 23.6 Å². The predicted molar refractivity (Wildman–Crippen MR) is 97.1 cm³/mol. The van der Waals surface area contributed by atoms with Crippen molar-refractivity contribution in [2.24, 2.45) is 5.92 Å². The number of hydrogen-bond acceptors (Lipinski definition) is 4. The number of rotatable bonds is 5. The topological polar surface area (TPSA) is 95.0 Å². The average molecular weight is 372 g/mol. The minimum atomic E-state index is -0.957. The van der Waals surface area contributed by atoms with Gasteiger partial charge >= 0.3 is 5.97 Å². The number of carboxylic acid groups (broad SMARTS) is 1. The Morgan fingerprint density at radius 1 is 1.11 bits per heavy atom. The first-order chi connectivity index (χ1) is 12.8. The van der Waals surface area contributed by atoms with Gasteiger partial charge in [0, 0.05) is 45.0 Å². The van der Waals surface area contributed by atoms with Crippen LogP contribution in [0.5, 0.6) is 0 Å². The van der Waals surface area contributed by atoms with Crippen molar-refractivity contribution < 1.29 is 24.3 Å². The molecule has 7 heteroatoms. The molecule has 1 unspecified atom stereocenters. The second-order valence-corrected chi connectivity index (χ2v) is 7.32. The Morgan fingerprint density at radius 2 is 1.74 bits per heavy atom. The monoisotopic (exact) mass is 372 g/mol. The molecule has 1 aromatic carbocycles. The van der Waals surface area contributed by atoms with E-state index in [2.05, 4.69) is 0 Å². The minimum Gasteiger partial charge on any atom is -0.481 e. The zero-order chi connectivity index (χ0) is 19.6. The molecular weight excluding hydrogens is 348 g/mol. The molecule has 2 amide bonds. The summed E-state index contributed by atoms with van der Waals surface area (Å²) in [6, 6.07) is 8.88. The molecule has 0 radical (unpaired) electrons. The number of likely N-dealkylation sites (tertiary alicyclic amines) is 2. The molecule has 144 valence electrons. The van der Waals surface area contributed by atoms with Gasteiger partial charge in [0.05, 0.1) is 11.5 Å². The molecule has 1 aromatic rings. The molecule has 0 aromatic heterocycles. The van der Waals surface area contributed by atoms with Gasteiger partial charge in [-0.05, 0) is 12.8 Å². The van der Waals surface area contributed by atoms with Crippen molar-refractivity contribution in [1.29, 1.82) is 0 Å². The van der Waals surface area contributed by atoms with Gasteiger partial charge in [-0.1, -0.05) is 30.3 Å². The van der Waals surface area contributed by atoms with E-state index in [1.54, 1.807) is 41.1 Å². The van der Waals surface area contributed by atoms with Crippen LogP contribution >= 0.6 is 0 Å². The van der Waals surface area contributed by atoms with Gasteiger partial charge in [0.1, 0.15) is 0 Å². The van der Waals surface area contributed by atoms with Crippen LogP contribution in [0.3, 0.4) is 0 Å². The number of carbonyl (C=O) groups excluding carboxylic acids is 3. The van der Waals surface area contributed by atoms with Crippen LogP contribution in [0.1, 0.15) is 42.5 Å². The number of piperidine rings is 1. The van der Waals surface area contributed by atoms with Crippen LogP contribution in [-0.2, 0) is 14.4 Å². The maximum absolute atomic E-state index is 12.5. The van der Waals surface area contributed by atoms with Crippen LogP contribution in [0.15, 0.2) is 30.3 Å². The highest BCUT2D eigenvalue weighted by Crippen LogP contribution is 2.42.